The van der Waals surface area contributed by atoms with E-state index in [-0.39, 0.29) is 0 Å². The maximum Gasteiger partial charge on any atom is 0.210 e. The van der Waals surface area contributed by atoms with Crippen molar-refractivity contribution in [3.8, 4) is 0 Å². The highest BCUT2D eigenvalue weighted by molar-refractivity contribution is 7.19. The molecule has 26 heavy (non-hydrogen) atoms. The lowest BCUT2D eigenvalue weighted by Crippen LogP contribution is -2.47. The molecule has 0 aromatic carbocycles. The molecule has 3 aromatic heterocycles. The van der Waals surface area contributed by atoms with Crippen LogP contribution in [0, 0.1) is 0 Å². The van der Waals surface area contributed by atoms with Crippen molar-refractivity contribution in [1.29, 1.82) is 0 Å². The van der Waals surface area contributed by atoms with Gasteiger partial charge in [-0.1, -0.05) is 24.7 Å². The van der Waals surface area contributed by atoms with E-state index in [0.717, 1.165) is 65.3 Å². The first-order valence-electron chi connectivity index (χ1n) is 8.99. The zero-order chi connectivity index (χ0) is 17.9. The van der Waals surface area contributed by atoms with Crippen molar-refractivity contribution in [2.45, 2.75) is 25.8 Å². The Morgan fingerprint density at radius 2 is 2.04 bits per heavy atom. The topological polar surface area (TPSA) is 70.1 Å². The summed E-state index contributed by atoms with van der Waals surface area (Å²) in [6, 6.07) is 4.70. The quantitative estimate of drug-likeness (QED) is 0.694. The summed E-state index contributed by atoms with van der Waals surface area (Å²) < 4.78 is 1.16. The maximum atomic E-state index is 4.84. The van der Waals surface area contributed by atoms with E-state index in [1.54, 1.807) is 22.7 Å². The fourth-order valence-corrected chi connectivity index (χ4v) is 4.78. The van der Waals surface area contributed by atoms with Crippen LogP contribution in [-0.2, 0) is 0 Å². The first-order valence-corrected chi connectivity index (χ1v) is 10.7. The van der Waals surface area contributed by atoms with Crippen LogP contribution in [0.1, 0.15) is 31.5 Å². The molecule has 0 radical (unpaired) electrons. The lowest BCUT2D eigenvalue weighted by atomic mass is 10.0. The number of anilines is 2. The van der Waals surface area contributed by atoms with Crippen molar-refractivity contribution in [1.82, 2.24) is 25.1 Å². The third-order valence-electron chi connectivity index (χ3n) is 4.77. The number of nitrogens with one attached hydrogen (secondary N) is 1. The molecule has 1 unspecified atom stereocenters. The summed E-state index contributed by atoms with van der Waals surface area (Å²) >= 11 is 3.26. The van der Waals surface area contributed by atoms with Crippen LogP contribution in [0.5, 0.6) is 0 Å². The smallest absolute Gasteiger partial charge is 0.210 e. The van der Waals surface area contributed by atoms with Gasteiger partial charge in [-0.05, 0) is 18.6 Å². The van der Waals surface area contributed by atoms with E-state index >= 15 is 0 Å². The first kappa shape index (κ1) is 17.6. The molecule has 1 fully saturated rings. The molecule has 138 valence electrons. The first-order chi connectivity index (χ1) is 12.8. The molecule has 0 aliphatic carbocycles. The van der Waals surface area contributed by atoms with Crippen molar-refractivity contribution in [3.05, 3.63) is 23.3 Å². The van der Waals surface area contributed by atoms with Gasteiger partial charge >= 0.3 is 0 Å². The Morgan fingerprint density at radius 3 is 2.77 bits per heavy atom. The van der Waals surface area contributed by atoms with Crippen LogP contribution in [0.4, 0.5) is 10.3 Å². The molecule has 9 heteroatoms. The van der Waals surface area contributed by atoms with Gasteiger partial charge in [0.15, 0.2) is 5.65 Å². The number of thiazole rings is 1. The molecule has 1 aliphatic rings. The molecular formula is C17H23N7S2. The summed E-state index contributed by atoms with van der Waals surface area (Å²) in [6.07, 6.45) is 2.26. The van der Waals surface area contributed by atoms with Crippen LogP contribution in [0.25, 0.3) is 10.3 Å². The zero-order valence-electron chi connectivity index (χ0n) is 15.1. The molecule has 3 aromatic rings. The highest BCUT2D eigenvalue weighted by atomic mass is 32.1. The molecule has 1 N–H and O–H groups in total. The minimum absolute atomic E-state index is 0.357. The van der Waals surface area contributed by atoms with E-state index in [0.29, 0.717) is 6.04 Å². The minimum Gasteiger partial charge on any atom is -0.363 e. The monoisotopic (exact) mass is 389 g/mol. The van der Waals surface area contributed by atoms with Gasteiger partial charge in [-0.3, -0.25) is 4.90 Å². The molecule has 7 nitrogen and oxygen atoms in total. The van der Waals surface area contributed by atoms with Gasteiger partial charge in [-0.15, -0.1) is 21.5 Å². The summed E-state index contributed by atoms with van der Waals surface area (Å²) in [7, 11) is 1.88. The molecule has 1 aliphatic heterocycles. The molecule has 0 bridgehead atoms. The van der Waals surface area contributed by atoms with Crippen LogP contribution in [0.2, 0.25) is 0 Å². The van der Waals surface area contributed by atoms with Gasteiger partial charge in [-0.2, -0.15) is 0 Å². The van der Waals surface area contributed by atoms with E-state index in [1.165, 1.54) is 0 Å². The molecule has 4 heterocycles. The summed E-state index contributed by atoms with van der Waals surface area (Å²) in [6.45, 7) is 6.20. The van der Waals surface area contributed by atoms with Gasteiger partial charge in [0.25, 0.3) is 0 Å². The fourth-order valence-electron chi connectivity index (χ4n) is 3.41. The summed E-state index contributed by atoms with van der Waals surface area (Å²) in [5, 5.41) is 13.4. The molecular weight excluding hydrogens is 366 g/mol. The number of piperazine rings is 1. The highest BCUT2D eigenvalue weighted by Crippen LogP contribution is 2.30. The van der Waals surface area contributed by atoms with Crippen LogP contribution in [0.15, 0.2) is 17.6 Å². The Kier molecular flexibility index (Phi) is 5.28. The average molecular weight is 390 g/mol. The lowest BCUT2D eigenvalue weighted by molar-refractivity contribution is 0.173. The predicted octanol–water partition coefficient (Wildman–Crippen LogP) is 3.25. The average Bonchev–Trinajstić information content (AvgIpc) is 3.35. The van der Waals surface area contributed by atoms with E-state index in [1.807, 2.05) is 12.6 Å². The summed E-state index contributed by atoms with van der Waals surface area (Å²) in [5.41, 5.74) is 3.89. The Hall–Kier alpha value is -1.84. The van der Waals surface area contributed by atoms with Gasteiger partial charge in [-0.25, -0.2) is 9.97 Å². The molecule has 1 saturated heterocycles. The Labute approximate surface area is 161 Å². The SMILES string of the molecule is CCCC(c1ccc2scnc2n1)N1CCN(c2nnc(NC)s2)CC1. The minimum atomic E-state index is 0.357. The van der Waals surface area contributed by atoms with Gasteiger partial charge < -0.3 is 10.2 Å². The Bertz CT molecular complexity index is 854. The second-order valence-corrected chi connectivity index (χ2v) is 8.22. The van der Waals surface area contributed by atoms with Crippen LogP contribution >= 0.6 is 22.7 Å². The number of nitrogens with zero attached hydrogens (tertiary/aromatic N) is 6. The number of fused-ring (bicyclic) bond motifs is 1. The number of hydrogen-bond acceptors (Lipinski definition) is 9. The molecule has 0 spiro atoms. The normalized spacial score (nSPS) is 16.9. The standard InChI is InChI=1S/C17H23N7S2/c1-3-4-13(12-5-6-14-15(20-12)19-11-25-14)23-7-9-24(10-8-23)17-22-21-16(18-2)26-17/h5-6,11,13H,3-4,7-10H2,1-2H3,(H,18,21). The summed E-state index contributed by atoms with van der Waals surface area (Å²) in [4.78, 5) is 14.1. The Balaban J connectivity index is 1.47. The second kappa shape index (κ2) is 7.81. The Morgan fingerprint density at radius 1 is 1.19 bits per heavy atom. The molecule has 1 atom stereocenters. The van der Waals surface area contributed by atoms with E-state index < -0.39 is 0 Å². The van der Waals surface area contributed by atoms with Crippen molar-refractivity contribution in [2.24, 2.45) is 0 Å². The lowest BCUT2D eigenvalue weighted by Gasteiger charge is -2.38. The predicted molar refractivity (Wildman–Crippen MR) is 108 cm³/mol. The van der Waals surface area contributed by atoms with Gasteiger partial charge in [0.1, 0.15) is 0 Å². The third kappa shape index (κ3) is 3.51. The van der Waals surface area contributed by atoms with Crippen LogP contribution in [0.3, 0.4) is 0 Å². The molecule has 0 saturated carbocycles. The van der Waals surface area contributed by atoms with Crippen molar-refractivity contribution in [3.63, 3.8) is 0 Å². The van der Waals surface area contributed by atoms with Crippen LogP contribution in [-0.4, -0.2) is 58.3 Å². The van der Waals surface area contributed by atoms with Crippen molar-refractivity contribution < 1.29 is 0 Å². The van der Waals surface area contributed by atoms with Gasteiger partial charge in [0.2, 0.25) is 10.3 Å². The van der Waals surface area contributed by atoms with Crippen molar-refractivity contribution in [2.75, 3.05) is 43.4 Å². The molecule has 4 rings (SSSR count). The van der Waals surface area contributed by atoms with E-state index in [4.69, 9.17) is 4.98 Å². The van der Waals surface area contributed by atoms with E-state index in [9.17, 15) is 0 Å². The van der Waals surface area contributed by atoms with Gasteiger partial charge in [0.05, 0.1) is 21.9 Å². The highest BCUT2D eigenvalue weighted by Gasteiger charge is 2.27. The second-order valence-electron chi connectivity index (χ2n) is 6.38. The maximum absolute atomic E-state index is 4.84. The van der Waals surface area contributed by atoms with E-state index in [2.05, 4.69) is 49.4 Å². The number of aromatic nitrogens is 4. The zero-order valence-corrected chi connectivity index (χ0v) is 16.7. The largest absolute Gasteiger partial charge is 0.363 e. The number of hydrogen-bond donors (Lipinski definition) is 1. The van der Waals surface area contributed by atoms with Gasteiger partial charge in [0, 0.05) is 33.2 Å². The fraction of sp³-hybridized carbons (Fsp3) is 0.529. The number of pyridine rings is 1. The summed E-state index contributed by atoms with van der Waals surface area (Å²) in [5.74, 6) is 0. The third-order valence-corrected chi connectivity index (χ3v) is 6.56. The van der Waals surface area contributed by atoms with Crippen LogP contribution < -0.4 is 10.2 Å². The van der Waals surface area contributed by atoms with Crippen molar-refractivity contribution >= 4 is 43.3 Å². The molecule has 0 amide bonds. The number of rotatable bonds is 6.